The Morgan fingerprint density at radius 3 is 2.38 bits per heavy atom. The largest absolute Gasteiger partial charge is 0.342 e. The summed E-state index contributed by atoms with van der Waals surface area (Å²) in [6, 6.07) is 17.9. The van der Waals surface area contributed by atoms with Gasteiger partial charge in [-0.3, -0.25) is 9.59 Å². The van der Waals surface area contributed by atoms with Gasteiger partial charge in [0.25, 0.3) is 5.91 Å². The molecule has 0 saturated carbocycles. The van der Waals surface area contributed by atoms with Crippen LogP contribution >= 0.6 is 23.5 Å². The maximum atomic E-state index is 13.1. The molecule has 2 aromatic carbocycles. The number of rotatable bonds is 4. The van der Waals surface area contributed by atoms with Crippen molar-refractivity contribution >= 4 is 35.3 Å². The van der Waals surface area contributed by atoms with Gasteiger partial charge in [-0.1, -0.05) is 35.9 Å². The second-order valence-corrected chi connectivity index (χ2v) is 10.1. The van der Waals surface area contributed by atoms with Crippen molar-refractivity contribution in [1.29, 1.82) is 0 Å². The van der Waals surface area contributed by atoms with Crippen LogP contribution in [-0.2, 0) is 4.79 Å². The van der Waals surface area contributed by atoms with Crippen LogP contribution in [-0.4, -0.2) is 57.6 Å². The first-order valence-corrected chi connectivity index (χ1v) is 12.0. The molecule has 0 aliphatic carbocycles. The van der Waals surface area contributed by atoms with Gasteiger partial charge in [0.2, 0.25) is 5.91 Å². The van der Waals surface area contributed by atoms with Crippen molar-refractivity contribution in [3.63, 3.8) is 0 Å². The Hall–Kier alpha value is -1.92. The van der Waals surface area contributed by atoms with Crippen LogP contribution in [0.2, 0.25) is 0 Å². The van der Waals surface area contributed by atoms with Crippen molar-refractivity contribution < 1.29 is 9.59 Å². The Labute approximate surface area is 181 Å². The lowest BCUT2D eigenvalue weighted by Gasteiger charge is -2.44. The third kappa shape index (κ3) is 4.48. The normalized spacial score (nSPS) is 18.2. The number of aryl methyl sites for hydroxylation is 1. The summed E-state index contributed by atoms with van der Waals surface area (Å²) in [5.74, 6) is 1.74. The Morgan fingerprint density at radius 1 is 1.00 bits per heavy atom. The molecule has 152 valence electrons. The molecule has 29 heavy (non-hydrogen) atoms. The van der Waals surface area contributed by atoms with E-state index < -0.39 is 0 Å². The molecular weight excluding hydrogens is 400 g/mol. The maximum absolute atomic E-state index is 13.1. The van der Waals surface area contributed by atoms with Crippen molar-refractivity contribution in [3.8, 4) is 0 Å². The number of hydrogen-bond donors (Lipinski definition) is 0. The smallest absolute Gasteiger partial charge is 0.254 e. The van der Waals surface area contributed by atoms with Crippen LogP contribution in [0, 0.1) is 6.92 Å². The number of piperidine rings is 1. The van der Waals surface area contributed by atoms with Crippen LogP contribution in [0.4, 0.5) is 0 Å². The van der Waals surface area contributed by atoms with Gasteiger partial charge in [-0.25, -0.2) is 0 Å². The molecule has 2 amide bonds. The highest BCUT2D eigenvalue weighted by atomic mass is 32.2. The van der Waals surface area contributed by atoms with E-state index >= 15 is 0 Å². The average molecular weight is 427 g/mol. The summed E-state index contributed by atoms with van der Waals surface area (Å²) in [5, 5.41) is 0. The number of thioether (sulfide) groups is 2. The molecule has 1 spiro atoms. The predicted molar refractivity (Wildman–Crippen MR) is 120 cm³/mol. The van der Waals surface area contributed by atoms with Crippen LogP contribution in [0.5, 0.6) is 0 Å². The highest BCUT2D eigenvalue weighted by molar-refractivity contribution is 8.01. The molecule has 0 bridgehead atoms. The standard InChI is InChI=1S/C23H26N2O2S2/c1-18-7-9-19(10-8-18)22(27)25-15-16-29-23(25)11-13-24(14-12-23)21(26)17-28-20-5-3-2-4-6-20/h2-10H,11-17H2,1H3. The summed E-state index contributed by atoms with van der Waals surface area (Å²) in [6.07, 6.45) is 1.69. The van der Waals surface area contributed by atoms with E-state index in [-0.39, 0.29) is 16.7 Å². The fraction of sp³-hybridized carbons (Fsp3) is 0.391. The molecule has 0 unspecified atom stereocenters. The molecule has 4 rings (SSSR count). The molecule has 2 aliphatic rings. The van der Waals surface area contributed by atoms with Crippen molar-refractivity contribution in [1.82, 2.24) is 9.80 Å². The molecule has 2 aromatic rings. The zero-order valence-electron chi connectivity index (χ0n) is 16.7. The molecule has 0 aromatic heterocycles. The third-order valence-electron chi connectivity index (χ3n) is 5.72. The van der Waals surface area contributed by atoms with E-state index in [9.17, 15) is 9.59 Å². The van der Waals surface area contributed by atoms with Gasteiger partial charge in [0.05, 0.1) is 10.6 Å². The Bertz CT molecular complexity index is 862. The minimum absolute atomic E-state index is 0.120. The Balaban J connectivity index is 1.36. The summed E-state index contributed by atoms with van der Waals surface area (Å²) in [4.78, 5) is 30.8. The van der Waals surface area contributed by atoms with E-state index in [4.69, 9.17) is 0 Å². The van der Waals surface area contributed by atoms with Crippen molar-refractivity contribution in [2.75, 3.05) is 31.1 Å². The molecule has 2 saturated heterocycles. The van der Waals surface area contributed by atoms with E-state index in [1.165, 1.54) is 0 Å². The zero-order chi connectivity index (χ0) is 20.3. The molecular formula is C23H26N2O2S2. The number of benzene rings is 2. The number of nitrogens with zero attached hydrogens (tertiary/aromatic N) is 2. The number of amides is 2. The number of carbonyl (C=O) groups is 2. The molecule has 0 N–H and O–H groups in total. The van der Waals surface area contributed by atoms with Gasteiger partial charge in [0.1, 0.15) is 0 Å². The summed E-state index contributed by atoms with van der Waals surface area (Å²) >= 11 is 3.47. The summed E-state index contributed by atoms with van der Waals surface area (Å²) in [7, 11) is 0. The number of hydrogen-bond acceptors (Lipinski definition) is 4. The molecule has 0 radical (unpaired) electrons. The van der Waals surface area contributed by atoms with E-state index in [1.54, 1.807) is 11.8 Å². The Morgan fingerprint density at radius 2 is 1.69 bits per heavy atom. The van der Waals surface area contributed by atoms with Gasteiger partial charge in [-0.15, -0.1) is 23.5 Å². The summed E-state index contributed by atoms with van der Waals surface area (Å²) < 4.78 is 0. The van der Waals surface area contributed by atoms with Crippen molar-refractivity contribution in [2.24, 2.45) is 0 Å². The van der Waals surface area contributed by atoms with Gasteiger partial charge >= 0.3 is 0 Å². The fourth-order valence-corrected chi connectivity index (χ4v) is 6.30. The molecule has 0 atom stereocenters. The first-order valence-electron chi connectivity index (χ1n) is 10.1. The van der Waals surface area contributed by atoms with Gasteiger partial charge in [-0.05, 0) is 44.0 Å². The Kier molecular flexibility index (Phi) is 6.20. The average Bonchev–Trinajstić information content (AvgIpc) is 3.16. The lowest BCUT2D eigenvalue weighted by Crippen LogP contribution is -2.53. The second-order valence-electron chi connectivity index (χ2n) is 7.60. The van der Waals surface area contributed by atoms with E-state index in [2.05, 4.69) is 4.90 Å². The highest BCUT2D eigenvalue weighted by Crippen LogP contribution is 2.44. The topological polar surface area (TPSA) is 40.6 Å². The lowest BCUT2D eigenvalue weighted by molar-refractivity contribution is -0.129. The lowest BCUT2D eigenvalue weighted by atomic mass is 10.0. The van der Waals surface area contributed by atoms with Gasteiger partial charge in [0.15, 0.2) is 0 Å². The van der Waals surface area contributed by atoms with Gasteiger partial charge in [-0.2, -0.15) is 0 Å². The summed E-state index contributed by atoms with van der Waals surface area (Å²) in [5.41, 5.74) is 1.92. The van der Waals surface area contributed by atoms with Gasteiger partial charge < -0.3 is 9.80 Å². The van der Waals surface area contributed by atoms with Crippen molar-refractivity contribution in [2.45, 2.75) is 29.5 Å². The number of likely N-dealkylation sites (tertiary alicyclic amines) is 1. The van der Waals surface area contributed by atoms with Crippen LogP contribution in [0.1, 0.15) is 28.8 Å². The molecule has 4 nitrogen and oxygen atoms in total. The first kappa shape index (κ1) is 20.4. The zero-order valence-corrected chi connectivity index (χ0v) is 18.3. The van der Waals surface area contributed by atoms with Crippen LogP contribution in [0.3, 0.4) is 0 Å². The molecule has 2 aliphatic heterocycles. The molecule has 2 fully saturated rings. The SMILES string of the molecule is Cc1ccc(C(=O)N2CCSC23CCN(C(=O)CSc2ccccc2)CC3)cc1. The van der Waals surface area contributed by atoms with Crippen LogP contribution in [0.15, 0.2) is 59.5 Å². The second kappa shape index (κ2) is 8.84. The minimum atomic E-state index is -0.161. The maximum Gasteiger partial charge on any atom is 0.254 e. The van der Waals surface area contributed by atoms with Crippen LogP contribution < -0.4 is 0 Å². The first-order chi connectivity index (χ1) is 14.1. The molecule has 6 heteroatoms. The van der Waals surface area contributed by atoms with Gasteiger partial charge in [0, 0.05) is 35.8 Å². The predicted octanol–water partition coefficient (Wildman–Crippen LogP) is 4.30. The fourth-order valence-electron chi connectivity index (χ4n) is 4.02. The minimum Gasteiger partial charge on any atom is -0.342 e. The quantitative estimate of drug-likeness (QED) is 0.684. The highest BCUT2D eigenvalue weighted by Gasteiger charge is 2.46. The third-order valence-corrected chi connectivity index (χ3v) is 8.27. The van der Waals surface area contributed by atoms with Crippen LogP contribution in [0.25, 0.3) is 0 Å². The molecule has 2 heterocycles. The van der Waals surface area contributed by atoms with Crippen molar-refractivity contribution in [3.05, 3.63) is 65.7 Å². The summed E-state index contributed by atoms with van der Waals surface area (Å²) in [6.45, 7) is 4.26. The van der Waals surface area contributed by atoms with E-state index in [0.717, 1.165) is 54.3 Å². The van der Waals surface area contributed by atoms with E-state index in [0.29, 0.717) is 5.75 Å². The number of carbonyl (C=O) groups excluding carboxylic acids is 2. The monoisotopic (exact) mass is 426 g/mol. The van der Waals surface area contributed by atoms with E-state index in [1.807, 2.05) is 78.2 Å².